The van der Waals surface area contributed by atoms with Crippen molar-refractivity contribution in [2.24, 2.45) is 0 Å². The highest BCUT2D eigenvalue weighted by Crippen LogP contribution is 2.54. The van der Waals surface area contributed by atoms with Gasteiger partial charge in [-0.15, -0.1) is 0 Å². The molecule has 0 saturated carbocycles. The van der Waals surface area contributed by atoms with Crippen molar-refractivity contribution in [2.75, 3.05) is 0 Å². The molecule has 2 nitrogen and oxygen atoms in total. The lowest BCUT2D eigenvalue weighted by molar-refractivity contribution is -0.122. The van der Waals surface area contributed by atoms with Gasteiger partial charge < -0.3 is 4.43 Å². The van der Waals surface area contributed by atoms with Gasteiger partial charge >= 0.3 is 0 Å². The van der Waals surface area contributed by atoms with Crippen LogP contribution in [-0.2, 0) is 9.22 Å². The van der Waals surface area contributed by atoms with Crippen molar-refractivity contribution in [3.05, 3.63) is 0 Å². The van der Waals surface area contributed by atoms with Crippen LogP contribution in [0.15, 0.2) is 0 Å². The van der Waals surface area contributed by atoms with Crippen LogP contribution in [0.2, 0.25) is 16.1 Å². The summed E-state index contributed by atoms with van der Waals surface area (Å²) in [6, 6.07) is 1.09. The molecule has 180 valence electrons. The minimum Gasteiger partial charge on any atom is -0.520 e. The fourth-order valence-corrected chi connectivity index (χ4v) is 10.8. The monoisotopic (exact) mass is 440 g/mol. The molecule has 0 fully saturated rings. The van der Waals surface area contributed by atoms with Crippen LogP contribution in [0.5, 0.6) is 0 Å². The van der Waals surface area contributed by atoms with Crippen LogP contribution in [0.4, 0.5) is 0 Å². The number of hydrogen-bond acceptors (Lipinski definition) is 2. The number of carbonyl (C=O) groups excluding carboxylic acids is 1. The van der Waals surface area contributed by atoms with Gasteiger partial charge in [-0.25, -0.2) is 0 Å². The maximum atomic E-state index is 11.3. The normalized spacial score (nSPS) is 12.9. The molecule has 0 aliphatic carbocycles. The lowest BCUT2D eigenvalue weighted by atomic mass is 10.0. The molecular weight excluding hydrogens is 384 g/mol. The standard InChI is InChI=1S/C27H56O2Si/c1-8-9-10-11-12-13-14-15-16-17-18-19-20-21-22-23-24-30(29-25-28,26(2,3)4)27(5,6)7/h25H,8-24H2,1-7H3. The zero-order valence-corrected chi connectivity index (χ0v) is 22.9. The minimum atomic E-state index is -2.17. The lowest BCUT2D eigenvalue weighted by Crippen LogP contribution is -2.54. The Morgan fingerprint density at radius 2 is 0.867 bits per heavy atom. The molecule has 30 heavy (non-hydrogen) atoms. The van der Waals surface area contributed by atoms with Crippen LogP contribution < -0.4 is 0 Å². The van der Waals surface area contributed by atoms with E-state index in [9.17, 15) is 4.79 Å². The molecule has 0 atom stereocenters. The Hall–Kier alpha value is -0.313. The number of hydrogen-bond donors (Lipinski definition) is 0. The van der Waals surface area contributed by atoms with Gasteiger partial charge in [0.05, 0.1) is 0 Å². The molecular formula is C27H56O2Si. The van der Waals surface area contributed by atoms with Crippen LogP contribution in [0.3, 0.4) is 0 Å². The summed E-state index contributed by atoms with van der Waals surface area (Å²) >= 11 is 0. The summed E-state index contributed by atoms with van der Waals surface area (Å²) in [5.41, 5.74) is 0. The molecule has 0 rings (SSSR count). The first-order chi connectivity index (χ1) is 14.1. The van der Waals surface area contributed by atoms with Gasteiger partial charge in [-0.3, -0.25) is 4.79 Å². The van der Waals surface area contributed by atoms with Gasteiger partial charge in [0.15, 0.2) is 0 Å². The maximum absolute atomic E-state index is 11.3. The Morgan fingerprint density at radius 3 is 1.13 bits per heavy atom. The van der Waals surface area contributed by atoms with Crippen LogP contribution in [0, 0.1) is 0 Å². The van der Waals surface area contributed by atoms with Gasteiger partial charge in [-0.05, 0) is 16.1 Å². The summed E-state index contributed by atoms with van der Waals surface area (Å²) in [6.45, 7) is 16.6. The Kier molecular flexibility index (Phi) is 16.2. The maximum Gasteiger partial charge on any atom is 0.279 e. The predicted octanol–water partition coefficient (Wildman–Crippen LogP) is 9.97. The summed E-state index contributed by atoms with van der Waals surface area (Å²) in [5, 5.41) is 0.142. The average molecular weight is 441 g/mol. The molecule has 0 bridgehead atoms. The second kappa shape index (κ2) is 16.3. The third-order valence-corrected chi connectivity index (χ3v) is 13.5. The van der Waals surface area contributed by atoms with Crippen molar-refractivity contribution in [3.8, 4) is 0 Å². The first kappa shape index (κ1) is 29.7. The summed E-state index contributed by atoms with van der Waals surface area (Å²) in [7, 11) is -2.17. The van der Waals surface area contributed by atoms with Gasteiger partial charge in [0.1, 0.15) is 0 Å². The molecule has 3 heteroatoms. The lowest BCUT2D eigenvalue weighted by Gasteiger charge is -2.49. The van der Waals surface area contributed by atoms with E-state index in [-0.39, 0.29) is 10.1 Å². The Morgan fingerprint density at radius 1 is 0.567 bits per heavy atom. The van der Waals surface area contributed by atoms with E-state index in [4.69, 9.17) is 4.43 Å². The molecule has 0 aromatic carbocycles. The molecule has 0 saturated heterocycles. The summed E-state index contributed by atoms with van der Waals surface area (Å²) in [4.78, 5) is 11.3. The number of unbranched alkanes of at least 4 members (excludes halogenated alkanes) is 15. The third-order valence-electron chi connectivity index (χ3n) is 7.05. The second-order valence-corrected chi connectivity index (χ2v) is 17.0. The minimum absolute atomic E-state index is 0.0711. The van der Waals surface area contributed by atoms with E-state index in [1.54, 1.807) is 0 Å². The van der Waals surface area contributed by atoms with Crippen molar-refractivity contribution in [1.29, 1.82) is 0 Å². The molecule has 0 amide bonds. The molecule has 0 unspecified atom stereocenters. The fourth-order valence-electron chi connectivity index (χ4n) is 5.29. The zero-order chi connectivity index (χ0) is 22.9. The van der Waals surface area contributed by atoms with Crippen LogP contribution in [-0.4, -0.2) is 14.8 Å². The summed E-state index contributed by atoms with van der Waals surface area (Å²) in [6.07, 6.45) is 22.3. The SMILES string of the molecule is CCCCCCCCCCCCCCCCCC[Si](OC=O)(C(C)(C)C)C(C)(C)C. The molecule has 0 aromatic rings. The van der Waals surface area contributed by atoms with Gasteiger partial charge in [0.25, 0.3) is 14.8 Å². The average Bonchev–Trinajstić information content (AvgIpc) is 2.64. The van der Waals surface area contributed by atoms with Crippen molar-refractivity contribution in [1.82, 2.24) is 0 Å². The largest absolute Gasteiger partial charge is 0.520 e. The smallest absolute Gasteiger partial charge is 0.279 e. The third kappa shape index (κ3) is 11.9. The first-order valence-electron chi connectivity index (χ1n) is 13.2. The van der Waals surface area contributed by atoms with E-state index in [1.165, 1.54) is 103 Å². The van der Waals surface area contributed by atoms with Crippen LogP contribution in [0.25, 0.3) is 0 Å². The highest BCUT2D eigenvalue weighted by molar-refractivity contribution is 6.80. The van der Waals surface area contributed by atoms with Crippen LogP contribution >= 0.6 is 0 Å². The molecule has 0 N–H and O–H groups in total. The molecule has 0 aromatic heterocycles. The molecule has 0 spiro atoms. The van der Waals surface area contributed by atoms with Crippen LogP contribution in [0.1, 0.15) is 151 Å². The van der Waals surface area contributed by atoms with Gasteiger partial charge in [0, 0.05) is 0 Å². The zero-order valence-electron chi connectivity index (χ0n) is 21.9. The van der Waals surface area contributed by atoms with Gasteiger partial charge in [-0.2, -0.15) is 0 Å². The number of rotatable bonds is 19. The topological polar surface area (TPSA) is 26.3 Å². The van der Waals surface area contributed by atoms with Crippen molar-refractivity contribution in [2.45, 2.75) is 167 Å². The fraction of sp³-hybridized carbons (Fsp3) is 0.963. The van der Waals surface area contributed by atoms with Gasteiger partial charge in [0.2, 0.25) is 0 Å². The molecule has 0 heterocycles. The Labute approximate surface area is 191 Å². The van der Waals surface area contributed by atoms with Crippen molar-refractivity contribution in [3.63, 3.8) is 0 Å². The van der Waals surface area contributed by atoms with Crippen molar-refractivity contribution < 1.29 is 9.22 Å². The van der Waals surface area contributed by atoms with Gasteiger partial charge in [-0.1, -0.05) is 151 Å². The second-order valence-electron chi connectivity index (χ2n) is 11.6. The Balaban J connectivity index is 3.80. The van der Waals surface area contributed by atoms with E-state index < -0.39 is 8.32 Å². The van der Waals surface area contributed by atoms with E-state index in [0.717, 1.165) is 12.5 Å². The molecule has 0 radical (unpaired) electrons. The summed E-state index contributed by atoms with van der Waals surface area (Å²) in [5.74, 6) is 0. The van der Waals surface area contributed by atoms with E-state index in [1.807, 2.05) is 0 Å². The van der Waals surface area contributed by atoms with Crippen molar-refractivity contribution >= 4 is 14.8 Å². The molecule has 0 aliphatic heterocycles. The highest BCUT2D eigenvalue weighted by atomic mass is 28.4. The summed E-state index contributed by atoms with van der Waals surface area (Å²) < 4.78 is 5.94. The van der Waals surface area contributed by atoms with E-state index in [0.29, 0.717) is 0 Å². The number of carbonyl (C=O) groups is 1. The molecule has 0 aliphatic rings. The van der Waals surface area contributed by atoms with E-state index >= 15 is 0 Å². The van der Waals surface area contributed by atoms with E-state index in [2.05, 4.69) is 48.5 Å². The first-order valence-corrected chi connectivity index (χ1v) is 15.4. The predicted molar refractivity (Wildman–Crippen MR) is 137 cm³/mol. The highest BCUT2D eigenvalue weighted by Gasteiger charge is 2.56. The quantitative estimate of drug-likeness (QED) is 0.113. The Bertz CT molecular complexity index is 392.